The molecule has 0 aliphatic rings. The van der Waals surface area contributed by atoms with Crippen LogP contribution in [0, 0.1) is 0 Å². The summed E-state index contributed by atoms with van der Waals surface area (Å²) in [5.41, 5.74) is 0.850. The molecule has 2 aromatic rings. The van der Waals surface area contributed by atoms with Crippen LogP contribution in [0.25, 0.3) is 0 Å². The highest BCUT2D eigenvalue weighted by Crippen LogP contribution is 2.16. The zero-order valence-electron chi connectivity index (χ0n) is 20.7. The average molecular weight is 455 g/mol. The van der Waals surface area contributed by atoms with Crippen LogP contribution in [-0.4, -0.2) is 13.2 Å². The van der Waals surface area contributed by atoms with Gasteiger partial charge in [0.1, 0.15) is 18.1 Å². The molecule has 0 amide bonds. The second-order valence-corrected chi connectivity index (χ2v) is 8.61. The summed E-state index contributed by atoms with van der Waals surface area (Å²) in [4.78, 5) is 12.3. The van der Waals surface area contributed by atoms with Crippen LogP contribution in [-0.2, 0) is 6.61 Å². The highest BCUT2D eigenvalue weighted by molar-refractivity contribution is 5.30. The van der Waals surface area contributed by atoms with E-state index in [1.54, 1.807) is 12.1 Å². The molecule has 0 atom stereocenters. The van der Waals surface area contributed by atoms with Crippen LogP contribution in [0.4, 0.5) is 0 Å². The van der Waals surface area contributed by atoms with E-state index in [1.807, 2.05) is 30.3 Å². The van der Waals surface area contributed by atoms with Crippen molar-refractivity contribution >= 4 is 0 Å². The summed E-state index contributed by atoms with van der Waals surface area (Å²) in [6.45, 7) is 6.21. The Bertz CT molecular complexity index is 816. The van der Waals surface area contributed by atoms with Gasteiger partial charge in [-0.2, -0.15) is 0 Å². The van der Waals surface area contributed by atoms with Crippen LogP contribution in [0.5, 0.6) is 17.2 Å². The summed E-state index contributed by atoms with van der Waals surface area (Å²) < 4.78 is 17.4. The largest absolute Gasteiger partial charge is 0.494 e. The van der Waals surface area contributed by atoms with E-state index in [0.717, 1.165) is 30.8 Å². The fourth-order valence-corrected chi connectivity index (χ4v) is 3.56. The van der Waals surface area contributed by atoms with Crippen LogP contribution in [0.2, 0.25) is 0 Å². The molecule has 0 bridgehead atoms. The Hall–Kier alpha value is -2.49. The maximum Gasteiger partial charge on any atom is 0.220 e. The molecular weight excluding hydrogens is 412 g/mol. The SMILES string of the molecule is CCCCCCCCOc1ccc(OCc2ccc(OCCCCCCC)cc2)c(=O)cc1. The van der Waals surface area contributed by atoms with Crippen molar-refractivity contribution in [1.29, 1.82) is 0 Å². The normalized spacial score (nSPS) is 10.7. The molecule has 2 aromatic carbocycles. The molecule has 0 N–H and O–H groups in total. The van der Waals surface area contributed by atoms with Crippen molar-refractivity contribution in [2.75, 3.05) is 13.2 Å². The van der Waals surface area contributed by atoms with Gasteiger partial charge in [-0.05, 0) is 54.8 Å². The predicted molar refractivity (Wildman–Crippen MR) is 137 cm³/mol. The van der Waals surface area contributed by atoms with Gasteiger partial charge < -0.3 is 14.2 Å². The second kappa shape index (κ2) is 17.0. The number of ether oxygens (including phenoxy) is 3. The van der Waals surface area contributed by atoms with Gasteiger partial charge in [0.15, 0.2) is 5.75 Å². The third kappa shape index (κ3) is 11.8. The van der Waals surface area contributed by atoms with E-state index >= 15 is 0 Å². The van der Waals surface area contributed by atoms with Gasteiger partial charge in [0, 0.05) is 0 Å². The van der Waals surface area contributed by atoms with Gasteiger partial charge in [0.05, 0.1) is 13.2 Å². The van der Waals surface area contributed by atoms with Crippen LogP contribution in [0.1, 0.15) is 90.0 Å². The van der Waals surface area contributed by atoms with Crippen LogP contribution >= 0.6 is 0 Å². The van der Waals surface area contributed by atoms with Crippen molar-refractivity contribution in [2.24, 2.45) is 0 Å². The topological polar surface area (TPSA) is 44.8 Å². The molecule has 2 rings (SSSR count). The van der Waals surface area contributed by atoms with Crippen molar-refractivity contribution in [3.63, 3.8) is 0 Å². The lowest BCUT2D eigenvalue weighted by Crippen LogP contribution is -2.04. The Morgan fingerprint density at radius 3 is 1.61 bits per heavy atom. The van der Waals surface area contributed by atoms with E-state index in [-0.39, 0.29) is 5.43 Å². The van der Waals surface area contributed by atoms with E-state index in [9.17, 15) is 4.79 Å². The van der Waals surface area contributed by atoms with Crippen molar-refractivity contribution in [2.45, 2.75) is 91.1 Å². The first-order valence-electron chi connectivity index (χ1n) is 12.8. The molecule has 182 valence electrons. The molecule has 0 aromatic heterocycles. The van der Waals surface area contributed by atoms with Crippen LogP contribution < -0.4 is 19.6 Å². The van der Waals surface area contributed by atoms with Crippen molar-refractivity contribution < 1.29 is 14.2 Å². The minimum absolute atomic E-state index is 0.146. The molecule has 4 heteroatoms. The van der Waals surface area contributed by atoms with Crippen molar-refractivity contribution in [3.8, 4) is 17.2 Å². The average Bonchev–Trinajstić information content (AvgIpc) is 3.01. The van der Waals surface area contributed by atoms with E-state index in [1.165, 1.54) is 63.9 Å². The molecule has 0 aliphatic carbocycles. The number of benzene rings is 1. The Labute approximate surface area is 200 Å². The van der Waals surface area contributed by atoms with Crippen molar-refractivity contribution in [3.05, 3.63) is 64.3 Å². The molecule has 0 unspecified atom stereocenters. The van der Waals surface area contributed by atoms with Gasteiger partial charge >= 0.3 is 0 Å². The van der Waals surface area contributed by atoms with Gasteiger partial charge in [-0.3, -0.25) is 4.79 Å². The number of rotatable bonds is 18. The molecule has 0 saturated carbocycles. The standard InChI is InChI=1S/C29H42O4/c1-3-5-7-9-11-13-23-32-27-18-20-28(30)29(21-19-27)33-24-25-14-16-26(17-15-25)31-22-12-10-8-6-4-2/h14-21H,3-13,22-24H2,1-2H3. The van der Waals surface area contributed by atoms with Crippen molar-refractivity contribution in [1.82, 2.24) is 0 Å². The third-order valence-corrected chi connectivity index (χ3v) is 5.64. The summed E-state index contributed by atoms with van der Waals surface area (Å²) in [7, 11) is 0. The monoisotopic (exact) mass is 454 g/mol. The van der Waals surface area contributed by atoms with Crippen LogP contribution in [0.3, 0.4) is 0 Å². The first kappa shape index (κ1) is 26.8. The second-order valence-electron chi connectivity index (χ2n) is 8.61. The maximum atomic E-state index is 12.3. The molecule has 0 fully saturated rings. The summed E-state index contributed by atoms with van der Waals surface area (Å²) in [6, 6.07) is 14.6. The van der Waals surface area contributed by atoms with Gasteiger partial charge in [0.25, 0.3) is 0 Å². The minimum atomic E-state index is -0.146. The minimum Gasteiger partial charge on any atom is -0.494 e. The molecule has 4 nitrogen and oxygen atoms in total. The highest BCUT2D eigenvalue weighted by Gasteiger charge is 2.02. The van der Waals surface area contributed by atoms with E-state index < -0.39 is 0 Å². The smallest absolute Gasteiger partial charge is 0.220 e. The van der Waals surface area contributed by atoms with E-state index in [0.29, 0.717) is 24.7 Å². The van der Waals surface area contributed by atoms with Gasteiger partial charge in [-0.25, -0.2) is 0 Å². The highest BCUT2D eigenvalue weighted by atomic mass is 16.5. The zero-order chi connectivity index (χ0) is 23.6. The molecule has 0 aliphatic heterocycles. The number of unbranched alkanes of at least 4 members (excludes halogenated alkanes) is 9. The number of hydrogen-bond acceptors (Lipinski definition) is 4. The lowest BCUT2D eigenvalue weighted by Gasteiger charge is -2.08. The lowest BCUT2D eigenvalue weighted by molar-refractivity contribution is 0.298. The maximum absolute atomic E-state index is 12.3. The summed E-state index contributed by atoms with van der Waals surface area (Å²) in [6.07, 6.45) is 13.5. The predicted octanol–water partition coefficient (Wildman–Crippen LogP) is 7.71. The molecular formula is C29H42O4. The summed E-state index contributed by atoms with van der Waals surface area (Å²) >= 11 is 0. The van der Waals surface area contributed by atoms with Crippen LogP contribution in [0.15, 0.2) is 53.3 Å². The lowest BCUT2D eigenvalue weighted by atomic mass is 10.1. The van der Waals surface area contributed by atoms with Gasteiger partial charge in [0.2, 0.25) is 5.43 Å². The number of hydrogen-bond donors (Lipinski definition) is 0. The first-order valence-corrected chi connectivity index (χ1v) is 12.8. The summed E-state index contributed by atoms with van der Waals surface area (Å²) in [5, 5.41) is 0. The van der Waals surface area contributed by atoms with Gasteiger partial charge in [-0.15, -0.1) is 0 Å². The Morgan fingerprint density at radius 1 is 0.545 bits per heavy atom. The Morgan fingerprint density at radius 2 is 1.03 bits per heavy atom. The first-order chi connectivity index (χ1) is 16.2. The summed E-state index contributed by atoms with van der Waals surface area (Å²) in [5.74, 6) is 1.90. The quantitative estimate of drug-likeness (QED) is 0.216. The Kier molecular flexibility index (Phi) is 13.8. The fourth-order valence-electron chi connectivity index (χ4n) is 3.56. The molecule has 0 heterocycles. The van der Waals surface area contributed by atoms with Gasteiger partial charge in [-0.1, -0.05) is 83.8 Å². The fraction of sp³-hybridized carbons (Fsp3) is 0.552. The van der Waals surface area contributed by atoms with E-state index in [2.05, 4.69) is 13.8 Å². The Balaban J connectivity index is 1.73. The van der Waals surface area contributed by atoms with E-state index in [4.69, 9.17) is 14.2 Å². The molecule has 0 spiro atoms. The zero-order valence-corrected chi connectivity index (χ0v) is 20.7. The molecule has 33 heavy (non-hydrogen) atoms. The molecule has 0 radical (unpaired) electrons. The molecule has 0 saturated heterocycles. The third-order valence-electron chi connectivity index (χ3n) is 5.64.